The summed E-state index contributed by atoms with van der Waals surface area (Å²) in [6, 6.07) is 0. The van der Waals surface area contributed by atoms with Gasteiger partial charge < -0.3 is 12.4 Å². The first-order valence-corrected chi connectivity index (χ1v) is 4.26. The average molecular weight is 177 g/mol. The third kappa shape index (κ3) is 4.09. The van der Waals surface area contributed by atoms with Crippen molar-refractivity contribution in [1.29, 1.82) is 0 Å². The van der Waals surface area contributed by atoms with Crippen molar-refractivity contribution in [3.05, 3.63) is 23.5 Å². The Bertz CT molecular complexity index is 138. The molecule has 1 rings (SSSR count). The van der Waals surface area contributed by atoms with Crippen molar-refractivity contribution in [3.8, 4) is 0 Å². The minimum absolute atomic E-state index is 0. The van der Waals surface area contributed by atoms with E-state index in [9.17, 15) is 0 Å². The fourth-order valence-electron chi connectivity index (χ4n) is 0.990. The third-order valence-corrected chi connectivity index (χ3v) is 2.21. The van der Waals surface area contributed by atoms with E-state index in [-0.39, 0.29) is 12.4 Å². The minimum Gasteiger partial charge on any atom is -1.00 e. The second-order valence-corrected chi connectivity index (χ2v) is 3.36. The van der Waals surface area contributed by atoms with Gasteiger partial charge in [0.1, 0.15) is 0 Å². The number of hydrogen-bond donors (Lipinski definition) is 0. The van der Waals surface area contributed by atoms with Gasteiger partial charge in [-0.3, -0.25) is 0 Å². The molecule has 0 saturated heterocycles. The predicted octanol–water partition coefficient (Wildman–Crippen LogP) is -0.388. The van der Waals surface area contributed by atoms with Crippen molar-refractivity contribution in [1.82, 2.24) is 0 Å². The molecular formula is C8H14ClP. The fourth-order valence-corrected chi connectivity index (χ4v) is 1.40. The van der Waals surface area contributed by atoms with Gasteiger partial charge in [-0.1, -0.05) is 12.2 Å². The summed E-state index contributed by atoms with van der Waals surface area (Å²) in [5, 5.41) is 1.58. The summed E-state index contributed by atoms with van der Waals surface area (Å²) >= 11 is 0. The molecule has 0 aromatic rings. The maximum absolute atomic E-state index is 2.36. The highest BCUT2D eigenvalue weighted by Gasteiger charge is 1.94. The molecule has 0 aliphatic heterocycles. The SMILES string of the molecule is [Cl-].[PH3+]C1=CCCC=CCC1. The molecule has 0 nitrogen and oxygen atoms in total. The van der Waals surface area contributed by atoms with Crippen LogP contribution in [0.5, 0.6) is 0 Å². The van der Waals surface area contributed by atoms with Crippen LogP contribution in [0.25, 0.3) is 0 Å². The van der Waals surface area contributed by atoms with Crippen molar-refractivity contribution in [2.75, 3.05) is 0 Å². The molecule has 0 fully saturated rings. The number of halogens is 1. The zero-order valence-corrected chi connectivity index (χ0v) is 8.32. The molecule has 58 valence electrons. The molecular weight excluding hydrogens is 163 g/mol. The van der Waals surface area contributed by atoms with Crippen molar-refractivity contribution in [2.45, 2.75) is 25.7 Å². The number of allylic oxidation sites excluding steroid dienone is 4. The van der Waals surface area contributed by atoms with E-state index in [1.165, 1.54) is 25.7 Å². The van der Waals surface area contributed by atoms with Crippen molar-refractivity contribution < 1.29 is 12.4 Å². The van der Waals surface area contributed by atoms with Crippen LogP contribution in [0, 0.1) is 0 Å². The molecule has 0 amide bonds. The lowest BCUT2D eigenvalue weighted by molar-refractivity contribution is -0.00000176. The van der Waals surface area contributed by atoms with Crippen LogP contribution < -0.4 is 12.4 Å². The van der Waals surface area contributed by atoms with Gasteiger partial charge in [0.05, 0.1) is 5.31 Å². The lowest BCUT2D eigenvalue weighted by Crippen LogP contribution is -3.00. The molecule has 0 heterocycles. The predicted molar refractivity (Wildman–Crippen MR) is 46.8 cm³/mol. The summed E-state index contributed by atoms with van der Waals surface area (Å²) in [5.41, 5.74) is 0. The van der Waals surface area contributed by atoms with E-state index in [1.54, 1.807) is 5.31 Å². The Morgan fingerprint density at radius 1 is 1.10 bits per heavy atom. The van der Waals surface area contributed by atoms with Gasteiger partial charge in [-0.05, 0) is 25.3 Å². The second-order valence-electron chi connectivity index (χ2n) is 2.45. The standard InChI is InChI=1S/C8H13P.ClH/c9-8-6-4-2-1-3-5-7-8;/h1-2,7H,3-6,9H2;1H. The Morgan fingerprint density at radius 3 is 2.60 bits per heavy atom. The van der Waals surface area contributed by atoms with E-state index in [2.05, 4.69) is 18.2 Å². The third-order valence-electron chi connectivity index (χ3n) is 1.57. The smallest absolute Gasteiger partial charge is 0.0605 e. The van der Waals surface area contributed by atoms with Crippen LogP contribution in [0.2, 0.25) is 0 Å². The van der Waals surface area contributed by atoms with Gasteiger partial charge in [-0.25, -0.2) is 0 Å². The highest BCUT2D eigenvalue weighted by Crippen LogP contribution is 2.17. The largest absolute Gasteiger partial charge is 1.00 e. The summed E-state index contributed by atoms with van der Waals surface area (Å²) in [5.74, 6) is 0. The average Bonchev–Trinajstić information content (AvgIpc) is 1.79. The van der Waals surface area contributed by atoms with Crippen LogP contribution in [-0.2, 0) is 0 Å². The van der Waals surface area contributed by atoms with Crippen LogP contribution in [-0.4, -0.2) is 0 Å². The highest BCUT2D eigenvalue weighted by molar-refractivity contribution is 7.22. The van der Waals surface area contributed by atoms with E-state index >= 15 is 0 Å². The first-order chi connectivity index (χ1) is 4.39. The Hall–Kier alpha value is 0.200. The number of rotatable bonds is 0. The van der Waals surface area contributed by atoms with E-state index in [4.69, 9.17) is 0 Å². The van der Waals surface area contributed by atoms with Crippen LogP contribution >= 0.6 is 9.24 Å². The first-order valence-electron chi connectivity index (χ1n) is 3.55. The summed E-state index contributed by atoms with van der Waals surface area (Å²) in [4.78, 5) is 0. The maximum Gasteiger partial charge on any atom is 0.0605 e. The van der Waals surface area contributed by atoms with Gasteiger partial charge in [0.2, 0.25) is 0 Å². The van der Waals surface area contributed by atoms with Crippen LogP contribution in [0.4, 0.5) is 0 Å². The molecule has 0 saturated carbocycles. The fraction of sp³-hybridized carbons (Fsp3) is 0.500. The molecule has 1 unspecified atom stereocenters. The molecule has 1 aliphatic carbocycles. The Kier molecular flexibility index (Phi) is 6.06. The van der Waals surface area contributed by atoms with Crippen molar-refractivity contribution in [2.24, 2.45) is 0 Å². The Morgan fingerprint density at radius 2 is 1.80 bits per heavy atom. The molecule has 1 aliphatic rings. The molecule has 0 aromatic heterocycles. The molecule has 10 heavy (non-hydrogen) atoms. The van der Waals surface area contributed by atoms with E-state index in [0.717, 1.165) is 0 Å². The van der Waals surface area contributed by atoms with Crippen molar-refractivity contribution >= 4 is 9.24 Å². The van der Waals surface area contributed by atoms with Gasteiger partial charge in [-0.15, -0.1) is 0 Å². The minimum atomic E-state index is 0. The molecule has 0 aromatic carbocycles. The van der Waals surface area contributed by atoms with E-state index in [0.29, 0.717) is 0 Å². The molecule has 0 bridgehead atoms. The number of hydrogen-bond acceptors (Lipinski definition) is 0. The topological polar surface area (TPSA) is 0 Å². The van der Waals surface area contributed by atoms with E-state index in [1.807, 2.05) is 9.24 Å². The Balaban J connectivity index is 0.000000810. The van der Waals surface area contributed by atoms with Crippen LogP contribution in [0.1, 0.15) is 25.7 Å². The van der Waals surface area contributed by atoms with Gasteiger partial charge in [0.25, 0.3) is 0 Å². The molecule has 0 radical (unpaired) electrons. The first kappa shape index (κ1) is 10.2. The summed E-state index contributed by atoms with van der Waals surface area (Å²) in [7, 11) is 2.03. The second kappa shape index (κ2) is 5.95. The quantitative estimate of drug-likeness (QED) is 0.349. The normalized spacial score (nSPS) is 18.6. The lowest BCUT2D eigenvalue weighted by atomic mass is 10.1. The monoisotopic (exact) mass is 176 g/mol. The summed E-state index contributed by atoms with van der Waals surface area (Å²) in [6.45, 7) is 0. The lowest BCUT2D eigenvalue weighted by Gasteiger charge is -1.96. The van der Waals surface area contributed by atoms with Gasteiger partial charge >= 0.3 is 0 Å². The summed E-state index contributed by atoms with van der Waals surface area (Å²) < 4.78 is 0. The van der Waals surface area contributed by atoms with Crippen LogP contribution in [0.3, 0.4) is 0 Å². The molecule has 1 atom stereocenters. The van der Waals surface area contributed by atoms with Crippen LogP contribution in [0.15, 0.2) is 23.5 Å². The van der Waals surface area contributed by atoms with Gasteiger partial charge in [-0.2, -0.15) is 0 Å². The van der Waals surface area contributed by atoms with Gasteiger partial charge in [0, 0.05) is 15.7 Å². The van der Waals surface area contributed by atoms with Gasteiger partial charge in [0.15, 0.2) is 0 Å². The molecule has 0 spiro atoms. The van der Waals surface area contributed by atoms with Crippen molar-refractivity contribution in [3.63, 3.8) is 0 Å². The summed E-state index contributed by atoms with van der Waals surface area (Å²) in [6.07, 6.45) is 11.9. The highest BCUT2D eigenvalue weighted by atomic mass is 35.5. The molecule has 2 heteroatoms. The zero-order chi connectivity index (χ0) is 6.53. The molecule has 0 N–H and O–H groups in total. The maximum atomic E-state index is 2.36. The van der Waals surface area contributed by atoms with E-state index < -0.39 is 0 Å². The Labute approximate surface area is 71.4 Å². The zero-order valence-electron chi connectivity index (χ0n) is 6.15.